The lowest BCUT2D eigenvalue weighted by atomic mass is 10.00. The third-order valence-electron chi connectivity index (χ3n) is 6.40. The predicted octanol–water partition coefficient (Wildman–Crippen LogP) is 6.29. The van der Waals surface area contributed by atoms with Crippen LogP contribution in [0, 0.1) is 19.8 Å². The molecule has 3 aromatic rings. The zero-order valence-electron chi connectivity index (χ0n) is 22.3. The van der Waals surface area contributed by atoms with Crippen molar-refractivity contribution < 1.29 is 24.2 Å². The molecule has 0 aliphatic carbocycles. The maximum Gasteiger partial charge on any atom is 0.326 e. The molecule has 0 spiro atoms. The van der Waals surface area contributed by atoms with Gasteiger partial charge in [-0.25, -0.2) is 4.79 Å². The van der Waals surface area contributed by atoms with Crippen molar-refractivity contribution in [2.24, 2.45) is 5.92 Å². The first-order valence-corrected chi connectivity index (χ1v) is 12.7. The second-order valence-electron chi connectivity index (χ2n) is 9.78. The van der Waals surface area contributed by atoms with Crippen LogP contribution in [0.4, 0.5) is 0 Å². The minimum atomic E-state index is -1.10. The smallest absolute Gasteiger partial charge is 0.326 e. The third-order valence-corrected chi connectivity index (χ3v) is 6.40. The first kappa shape index (κ1) is 27.8. The highest BCUT2D eigenvalue weighted by Crippen LogP contribution is 2.29. The molecule has 3 rings (SSSR count). The van der Waals surface area contributed by atoms with Crippen LogP contribution in [0.2, 0.25) is 0 Å². The molecule has 0 bridgehead atoms. The Kier molecular flexibility index (Phi) is 9.72. The van der Waals surface area contributed by atoms with E-state index in [4.69, 9.17) is 9.47 Å². The number of hydrogen-bond acceptors (Lipinski definition) is 4. The van der Waals surface area contributed by atoms with Gasteiger partial charge in [-0.1, -0.05) is 56.3 Å². The highest BCUT2D eigenvalue weighted by atomic mass is 16.5. The summed E-state index contributed by atoms with van der Waals surface area (Å²) in [6.45, 7) is 10.3. The average molecular weight is 504 g/mol. The molecule has 0 aliphatic heterocycles. The van der Waals surface area contributed by atoms with Gasteiger partial charge in [-0.05, 0) is 79.6 Å². The van der Waals surface area contributed by atoms with Crippen LogP contribution in [0.3, 0.4) is 0 Å². The van der Waals surface area contributed by atoms with Gasteiger partial charge in [0.2, 0.25) is 0 Å². The van der Waals surface area contributed by atoms with E-state index in [1.807, 2.05) is 39.0 Å². The van der Waals surface area contributed by atoms with E-state index < -0.39 is 17.9 Å². The number of carbonyl (C=O) groups is 2. The van der Waals surface area contributed by atoms with Crippen LogP contribution in [-0.4, -0.2) is 29.6 Å². The second kappa shape index (κ2) is 12.9. The van der Waals surface area contributed by atoms with Crippen LogP contribution in [0.5, 0.6) is 11.5 Å². The fourth-order valence-electron chi connectivity index (χ4n) is 4.13. The van der Waals surface area contributed by atoms with Gasteiger partial charge in [-0.3, -0.25) is 4.79 Å². The first-order valence-electron chi connectivity index (χ1n) is 12.7. The third kappa shape index (κ3) is 7.84. The maximum absolute atomic E-state index is 13.0. The number of para-hydroxylation sites is 1. The van der Waals surface area contributed by atoms with E-state index in [1.165, 1.54) is 5.56 Å². The van der Waals surface area contributed by atoms with E-state index in [1.54, 1.807) is 24.3 Å². The number of amides is 1. The number of nitrogens with one attached hydrogen (secondary N) is 1. The van der Waals surface area contributed by atoms with E-state index in [9.17, 15) is 14.7 Å². The number of carboxylic acids is 1. The first-order chi connectivity index (χ1) is 17.7. The molecule has 0 fully saturated rings. The predicted molar refractivity (Wildman–Crippen MR) is 145 cm³/mol. The lowest BCUT2D eigenvalue weighted by molar-refractivity contribution is -0.139. The van der Waals surface area contributed by atoms with Gasteiger partial charge in [0.15, 0.2) is 0 Å². The molecule has 2 unspecified atom stereocenters. The molecular weight excluding hydrogens is 466 g/mol. The van der Waals surface area contributed by atoms with Crippen molar-refractivity contribution in [1.82, 2.24) is 5.32 Å². The Morgan fingerprint density at radius 1 is 0.892 bits per heavy atom. The summed E-state index contributed by atoms with van der Waals surface area (Å²) in [5.74, 6) is 0.412. The topological polar surface area (TPSA) is 84.9 Å². The Balaban J connectivity index is 1.63. The fraction of sp³-hybridized carbons (Fsp3) is 0.355. The van der Waals surface area contributed by atoms with Gasteiger partial charge in [-0.15, -0.1) is 0 Å². The summed E-state index contributed by atoms with van der Waals surface area (Å²) in [7, 11) is 0. The Morgan fingerprint density at radius 2 is 1.57 bits per heavy atom. The Morgan fingerprint density at radius 3 is 2.19 bits per heavy atom. The summed E-state index contributed by atoms with van der Waals surface area (Å²) >= 11 is 0. The summed E-state index contributed by atoms with van der Waals surface area (Å²) in [5.41, 5.74) is 4.40. The molecule has 1 amide bonds. The lowest BCUT2D eigenvalue weighted by Crippen LogP contribution is -2.42. The van der Waals surface area contributed by atoms with E-state index in [0.717, 1.165) is 23.1 Å². The number of aliphatic carboxylic acids is 1. The van der Waals surface area contributed by atoms with Crippen LogP contribution in [0.15, 0.2) is 66.7 Å². The van der Waals surface area contributed by atoms with Gasteiger partial charge < -0.3 is 19.9 Å². The molecule has 6 heteroatoms. The molecule has 2 atom stereocenters. The summed E-state index contributed by atoms with van der Waals surface area (Å²) in [6, 6.07) is 20.0. The van der Waals surface area contributed by atoms with Crippen LogP contribution < -0.4 is 14.8 Å². The molecule has 0 radical (unpaired) electrons. The molecule has 2 N–H and O–H groups in total. The maximum atomic E-state index is 13.0. The second-order valence-corrected chi connectivity index (χ2v) is 9.78. The van der Waals surface area contributed by atoms with Gasteiger partial charge in [-0.2, -0.15) is 0 Å². The number of rotatable bonds is 12. The Hall–Kier alpha value is -3.80. The summed E-state index contributed by atoms with van der Waals surface area (Å²) < 4.78 is 11.8. The van der Waals surface area contributed by atoms with E-state index in [0.29, 0.717) is 23.0 Å². The minimum absolute atomic E-state index is 0.142. The van der Waals surface area contributed by atoms with E-state index >= 15 is 0 Å². The van der Waals surface area contributed by atoms with Crippen LogP contribution >= 0.6 is 0 Å². The summed E-state index contributed by atoms with van der Waals surface area (Å²) in [6.07, 6.45) is 1.02. The average Bonchev–Trinajstić information content (AvgIpc) is 2.86. The fourth-order valence-corrected chi connectivity index (χ4v) is 4.13. The number of carbonyl (C=O) groups excluding carboxylic acids is 1. The summed E-state index contributed by atoms with van der Waals surface area (Å²) in [4.78, 5) is 24.7. The lowest BCUT2D eigenvalue weighted by Gasteiger charge is -2.20. The molecule has 3 aromatic carbocycles. The molecule has 6 nitrogen and oxygen atoms in total. The van der Waals surface area contributed by atoms with Crippen LogP contribution in [0.1, 0.15) is 65.9 Å². The van der Waals surface area contributed by atoms with Crippen molar-refractivity contribution in [3.05, 3.63) is 94.5 Å². The zero-order chi connectivity index (χ0) is 26.9. The monoisotopic (exact) mass is 503 g/mol. The molecule has 0 heterocycles. The van der Waals surface area contributed by atoms with E-state index in [2.05, 4.69) is 43.4 Å². The normalized spacial score (nSPS) is 12.6. The molecule has 0 saturated carbocycles. The van der Waals surface area contributed by atoms with Crippen LogP contribution in [0.25, 0.3) is 0 Å². The molecule has 196 valence electrons. The van der Waals surface area contributed by atoms with Crippen LogP contribution in [-0.2, 0) is 11.2 Å². The van der Waals surface area contributed by atoms with Crippen molar-refractivity contribution in [2.75, 3.05) is 6.61 Å². The van der Waals surface area contributed by atoms with Crippen molar-refractivity contribution in [1.29, 1.82) is 0 Å². The van der Waals surface area contributed by atoms with Gasteiger partial charge in [0, 0.05) is 12.0 Å². The molecular formula is C31H37NO5. The highest BCUT2D eigenvalue weighted by molar-refractivity contribution is 5.98. The Bertz CT molecular complexity index is 1190. The largest absolute Gasteiger partial charge is 0.494 e. The number of carboxylic acid groups (broad SMARTS) is 1. The van der Waals surface area contributed by atoms with Crippen molar-refractivity contribution in [2.45, 2.75) is 59.6 Å². The highest BCUT2D eigenvalue weighted by Gasteiger charge is 2.23. The van der Waals surface area contributed by atoms with Crippen molar-refractivity contribution in [3.8, 4) is 11.5 Å². The standard InChI is InChI=1S/C31H37NO5/c1-20(2)19-24-11-13-25(14-12-24)23(5)37-29-16-15-27(21(3)22(29)4)30(33)32-28(31(34)35)17-18-36-26-9-7-6-8-10-26/h6-16,20,23,28H,17-19H2,1-5H3,(H,32,33)(H,34,35). The Labute approximate surface area is 219 Å². The quantitative estimate of drug-likeness (QED) is 0.303. The molecule has 0 aliphatic rings. The van der Waals surface area contributed by atoms with Gasteiger partial charge in [0.25, 0.3) is 5.91 Å². The summed E-state index contributed by atoms with van der Waals surface area (Å²) in [5, 5.41) is 12.2. The number of ether oxygens (including phenoxy) is 2. The van der Waals surface area contributed by atoms with Gasteiger partial charge >= 0.3 is 5.97 Å². The molecule has 37 heavy (non-hydrogen) atoms. The van der Waals surface area contributed by atoms with Gasteiger partial charge in [0.05, 0.1) is 6.61 Å². The number of hydrogen-bond donors (Lipinski definition) is 2. The van der Waals surface area contributed by atoms with E-state index in [-0.39, 0.29) is 19.1 Å². The number of benzene rings is 3. The van der Waals surface area contributed by atoms with Crippen molar-refractivity contribution in [3.63, 3.8) is 0 Å². The molecule has 0 saturated heterocycles. The van der Waals surface area contributed by atoms with Crippen molar-refractivity contribution >= 4 is 11.9 Å². The zero-order valence-corrected chi connectivity index (χ0v) is 22.3. The minimum Gasteiger partial charge on any atom is -0.494 e. The van der Waals surface area contributed by atoms with Gasteiger partial charge in [0.1, 0.15) is 23.6 Å². The molecule has 0 aromatic heterocycles. The SMILES string of the molecule is Cc1c(OC(C)c2ccc(CC(C)C)cc2)ccc(C(=O)NC(CCOc2ccccc2)C(=O)O)c1C.